The van der Waals surface area contributed by atoms with Gasteiger partial charge in [-0.1, -0.05) is 6.92 Å². The molecule has 2 unspecified atom stereocenters. The average molecular weight is 265 g/mol. The molecule has 1 fully saturated rings. The number of methoxy groups -OCH3 is 2. The predicted molar refractivity (Wildman–Crippen MR) is 74.7 cm³/mol. The van der Waals surface area contributed by atoms with E-state index in [9.17, 15) is 5.11 Å². The molecule has 4 nitrogen and oxygen atoms in total. The molecule has 0 spiro atoms. The third-order valence-corrected chi connectivity index (χ3v) is 4.12. The number of aliphatic hydroxyl groups is 1. The molecule has 1 aromatic rings. The van der Waals surface area contributed by atoms with Gasteiger partial charge in [-0.15, -0.1) is 0 Å². The lowest BCUT2D eigenvalue weighted by Gasteiger charge is -2.41. The molecule has 0 amide bonds. The van der Waals surface area contributed by atoms with Gasteiger partial charge in [0.2, 0.25) is 0 Å². The summed E-state index contributed by atoms with van der Waals surface area (Å²) in [6, 6.07) is 5.64. The summed E-state index contributed by atoms with van der Waals surface area (Å²) in [6.07, 6.45) is 1.63. The van der Waals surface area contributed by atoms with E-state index in [2.05, 4.69) is 12.2 Å². The zero-order valence-electron chi connectivity index (χ0n) is 11.9. The van der Waals surface area contributed by atoms with Gasteiger partial charge in [-0.2, -0.15) is 0 Å². The van der Waals surface area contributed by atoms with E-state index in [1.807, 2.05) is 18.2 Å². The van der Waals surface area contributed by atoms with E-state index in [0.717, 1.165) is 30.8 Å². The third kappa shape index (κ3) is 2.55. The van der Waals surface area contributed by atoms with Crippen LogP contribution in [-0.4, -0.2) is 32.4 Å². The van der Waals surface area contributed by atoms with Crippen LogP contribution in [0.3, 0.4) is 0 Å². The fraction of sp³-hybridized carbons (Fsp3) is 0.600. The molecule has 2 atom stereocenters. The number of benzene rings is 1. The average Bonchev–Trinajstić information content (AvgIpc) is 2.46. The summed E-state index contributed by atoms with van der Waals surface area (Å²) in [5.41, 5.74) is 0.0431. The van der Waals surface area contributed by atoms with Gasteiger partial charge in [-0.05, 0) is 31.5 Å². The number of ether oxygens (including phenoxy) is 2. The zero-order valence-corrected chi connectivity index (χ0v) is 11.9. The lowest BCUT2D eigenvalue weighted by atomic mass is 9.75. The lowest BCUT2D eigenvalue weighted by molar-refractivity contribution is -0.0494. The third-order valence-electron chi connectivity index (χ3n) is 4.12. The van der Waals surface area contributed by atoms with Gasteiger partial charge >= 0.3 is 0 Å². The Morgan fingerprint density at radius 2 is 2.16 bits per heavy atom. The van der Waals surface area contributed by atoms with Gasteiger partial charge in [0.25, 0.3) is 0 Å². The van der Waals surface area contributed by atoms with Crippen LogP contribution in [0.4, 0.5) is 0 Å². The fourth-order valence-corrected chi connectivity index (χ4v) is 2.92. The Balaban J connectivity index is 2.43. The topological polar surface area (TPSA) is 50.7 Å². The van der Waals surface area contributed by atoms with Crippen LogP contribution in [0.15, 0.2) is 18.2 Å². The Kier molecular flexibility index (Phi) is 4.32. The quantitative estimate of drug-likeness (QED) is 0.873. The highest BCUT2D eigenvalue weighted by atomic mass is 16.5. The smallest absolute Gasteiger partial charge is 0.128 e. The molecule has 0 aliphatic carbocycles. The Labute approximate surface area is 114 Å². The van der Waals surface area contributed by atoms with Crippen molar-refractivity contribution in [2.75, 3.05) is 27.3 Å². The second kappa shape index (κ2) is 5.80. The molecule has 0 bridgehead atoms. The van der Waals surface area contributed by atoms with Crippen molar-refractivity contribution in [3.63, 3.8) is 0 Å². The Hall–Kier alpha value is -1.26. The van der Waals surface area contributed by atoms with Crippen LogP contribution in [0.1, 0.15) is 25.3 Å². The minimum absolute atomic E-state index is 0.198. The Morgan fingerprint density at radius 3 is 2.79 bits per heavy atom. The molecule has 1 aliphatic heterocycles. The van der Waals surface area contributed by atoms with Crippen LogP contribution in [0.5, 0.6) is 11.5 Å². The summed E-state index contributed by atoms with van der Waals surface area (Å²) in [5.74, 6) is 1.64. The van der Waals surface area contributed by atoms with E-state index in [1.165, 1.54) is 0 Å². The Bertz CT molecular complexity index is 435. The second-order valence-corrected chi connectivity index (χ2v) is 5.05. The van der Waals surface area contributed by atoms with Crippen molar-refractivity contribution >= 4 is 0 Å². The van der Waals surface area contributed by atoms with E-state index >= 15 is 0 Å². The van der Waals surface area contributed by atoms with Crippen LogP contribution in [-0.2, 0) is 5.60 Å². The van der Waals surface area contributed by atoms with Gasteiger partial charge in [0, 0.05) is 24.1 Å². The van der Waals surface area contributed by atoms with Crippen molar-refractivity contribution in [3.05, 3.63) is 23.8 Å². The standard InChI is InChI=1S/C15H23NO3/c1-4-11-10-16-8-7-15(11,17)13-6-5-12(18-2)9-14(13)19-3/h5-6,9,11,16-17H,4,7-8,10H2,1-3H3. The minimum Gasteiger partial charge on any atom is -0.497 e. The lowest BCUT2D eigenvalue weighted by Crippen LogP contribution is -2.48. The molecule has 1 aliphatic rings. The van der Waals surface area contributed by atoms with Crippen LogP contribution in [0.25, 0.3) is 0 Å². The largest absolute Gasteiger partial charge is 0.497 e. The summed E-state index contributed by atoms with van der Waals surface area (Å²) < 4.78 is 10.6. The number of piperidine rings is 1. The van der Waals surface area contributed by atoms with Crippen molar-refractivity contribution in [1.82, 2.24) is 5.32 Å². The number of rotatable bonds is 4. The monoisotopic (exact) mass is 265 g/mol. The van der Waals surface area contributed by atoms with E-state index in [1.54, 1.807) is 14.2 Å². The molecule has 1 aromatic carbocycles. The van der Waals surface area contributed by atoms with E-state index in [-0.39, 0.29) is 5.92 Å². The normalized spacial score (nSPS) is 27.1. The van der Waals surface area contributed by atoms with Crippen LogP contribution in [0, 0.1) is 5.92 Å². The molecule has 0 radical (unpaired) electrons. The maximum Gasteiger partial charge on any atom is 0.128 e. The van der Waals surface area contributed by atoms with Crippen molar-refractivity contribution in [2.24, 2.45) is 5.92 Å². The fourth-order valence-electron chi connectivity index (χ4n) is 2.92. The molecular weight excluding hydrogens is 242 g/mol. The first-order valence-electron chi connectivity index (χ1n) is 6.81. The van der Waals surface area contributed by atoms with Gasteiger partial charge in [-0.3, -0.25) is 0 Å². The molecule has 2 rings (SSSR count). The first kappa shape index (κ1) is 14.2. The molecular formula is C15H23NO3. The van der Waals surface area contributed by atoms with Crippen LogP contribution >= 0.6 is 0 Å². The minimum atomic E-state index is -0.822. The summed E-state index contributed by atoms with van der Waals surface area (Å²) in [5, 5.41) is 14.5. The molecule has 2 N–H and O–H groups in total. The molecule has 0 aromatic heterocycles. The van der Waals surface area contributed by atoms with Crippen molar-refractivity contribution in [1.29, 1.82) is 0 Å². The first-order chi connectivity index (χ1) is 9.15. The van der Waals surface area contributed by atoms with Gasteiger partial charge in [-0.25, -0.2) is 0 Å². The van der Waals surface area contributed by atoms with E-state index < -0.39 is 5.60 Å². The van der Waals surface area contributed by atoms with Crippen LogP contribution in [0.2, 0.25) is 0 Å². The van der Waals surface area contributed by atoms with Crippen molar-refractivity contribution in [2.45, 2.75) is 25.4 Å². The maximum absolute atomic E-state index is 11.1. The van der Waals surface area contributed by atoms with Crippen molar-refractivity contribution < 1.29 is 14.6 Å². The first-order valence-corrected chi connectivity index (χ1v) is 6.81. The van der Waals surface area contributed by atoms with E-state index in [0.29, 0.717) is 12.2 Å². The maximum atomic E-state index is 11.1. The summed E-state index contributed by atoms with van der Waals surface area (Å²) >= 11 is 0. The number of nitrogens with one attached hydrogen (secondary N) is 1. The molecule has 0 saturated carbocycles. The van der Waals surface area contributed by atoms with Gasteiger partial charge in [0.15, 0.2) is 0 Å². The zero-order chi connectivity index (χ0) is 13.9. The van der Waals surface area contributed by atoms with Crippen LogP contribution < -0.4 is 14.8 Å². The molecule has 1 saturated heterocycles. The van der Waals surface area contributed by atoms with Crippen molar-refractivity contribution in [3.8, 4) is 11.5 Å². The molecule has 4 heteroatoms. The van der Waals surface area contributed by atoms with E-state index in [4.69, 9.17) is 9.47 Å². The van der Waals surface area contributed by atoms with Gasteiger partial charge in [0.05, 0.1) is 19.8 Å². The SMILES string of the molecule is CCC1CNCCC1(O)c1ccc(OC)cc1OC. The van der Waals surface area contributed by atoms with Gasteiger partial charge in [0.1, 0.15) is 11.5 Å². The predicted octanol–water partition coefficient (Wildman–Crippen LogP) is 1.91. The summed E-state index contributed by atoms with van der Waals surface area (Å²) in [4.78, 5) is 0. The Morgan fingerprint density at radius 1 is 1.37 bits per heavy atom. The van der Waals surface area contributed by atoms with Gasteiger partial charge < -0.3 is 19.9 Å². The summed E-state index contributed by atoms with van der Waals surface area (Å²) in [6.45, 7) is 3.77. The molecule has 1 heterocycles. The highest BCUT2D eigenvalue weighted by Crippen LogP contribution is 2.42. The number of hydrogen-bond donors (Lipinski definition) is 2. The molecule has 106 valence electrons. The summed E-state index contributed by atoms with van der Waals surface area (Å²) in [7, 11) is 3.26. The highest BCUT2D eigenvalue weighted by molar-refractivity contribution is 5.44. The number of hydrogen-bond acceptors (Lipinski definition) is 4. The highest BCUT2D eigenvalue weighted by Gasteiger charge is 2.41. The molecule has 19 heavy (non-hydrogen) atoms. The second-order valence-electron chi connectivity index (χ2n) is 5.05.